The van der Waals surface area contributed by atoms with Crippen molar-refractivity contribution in [2.45, 2.75) is 43.6 Å². The van der Waals surface area contributed by atoms with Crippen molar-refractivity contribution in [2.24, 2.45) is 0 Å². The van der Waals surface area contributed by atoms with Crippen LogP contribution in [0.2, 0.25) is 0 Å². The Bertz CT molecular complexity index is 1630. The molecule has 2 heterocycles. The molecule has 1 aromatic heterocycles. The van der Waals surface area contributed by atoms with Gasteiger partial charge in [-0.05, 0) is 66.6 Å². The van der Waals surface area contributed by atoms with E-state index in [1.807, 2.05) is 6.33 Å². The average Bonchev–Trinajstić information content (AvgIpc) is 3.57. The van der Waals surface area contributed by atoms with Crippen LogP contribution in [-0.4, -0.2) is 39.4 Å². The van der Waals surface area contributed by atoms with Gasteiger partial charge in [0.25, 0.3) is 0 Å². The molecule has 1 aliphatic heterocycles. The maximum Gasteiger partial charge on any atom is 0.0960 e. The van der Waals surface area contributed by atoms with Crippen molar-refractivity contribution < 1.29 is 0 Å². The number of alkyl halides is 1. The molecule has 1 saturated heterocycles. The summed E-state index contributed by atoms with van der Waals surface area (Å²) in [5.41, 5.74) is 8.01. The average molecular weight is 671 g/mol. The molecule has 6 aromatic rings. The number of aromatic nitrogens is 2. The highest BCUT2D eigenvalue weighted by Gasteiger charge is 2.23. The van der Waals surface area contributed by atoms with Crippen molar-refractivity contribution >= 4 is 27.0 Å². The quantitative estimate of drug-likeness (QED) is 0.135. The minimum atomic E-state index is 0.461. The van der Waals surface area contributed by atoms with Gasteiger partial charge in [0.05, 0.1) is 17.4 Å². The third kappa shape index (κ3) is 8.23. The number of fused-ring (bicyclic) bond motifs is 1. The first-order valence-electron chi connectivity index (χ1n) is 16.7. The summed E-state index contributed by atoms with van der Waals surface area (Å²) in [6.07, 6.45) is 6.72. The van der Waals surface area contributed by atoms with Gasteiger partial charge in [-0.15, -0.1) is 0 Å². The van der Waals surface area contributed by atoms with Gasteiger partial charge in [-0.3, -0.25) is 0 Å². The first kappa shape index (κ1) is 32.0. The highest BCUT2D eigenvalue weighted by molar-refractivity contribution is 9.09. The van der Waals surface area contributed by atoms with Crippen LogP contribution in [0.4, 0.5) is 0 Å². The lowest BCUT2D eigenvalue weighted by molar-refractivity contribution is 0.184. The SMILES string of the molecule is BrCCC(c1ccccc1)c1ccccc1.c1ccc(C(CCN2CCC(n3cnc4ccccc43)CC2)c2ccccc2)cc1. The first-order chi connectivity index (χ1) is 22.8. The van der Waals surface area contributed by atoms with Crippen LogP contribution in [0.1, 0.15) is 65.8 Å². The Kier molecular flexibility index (Phi) is 11.5. The van der Waals surface area contributed by atoms with E-state index >= 15 is 0 Å². The molecule has 46 heavy (non-hydrogen) atoms. The Hall–Kier alpha value is -3.99. The molecule has 0 N–H and O–H groups in total. The second-order valence-electron chi connectivity index (χ2n) is 12.2. The van der Waals surface area contributed by atoms with E-state index in [2.05, 4.69) is 176 Å². The van der Waals surface area contributed by atoms with Crippen LogP contribution >= 0.6 is 15.9 Å². The zero-order chi connectivity index (χ0) is 31.4. The third-order valence-corrected chi connectivity index (χ3v) is 9.83. The number of piperidine rings is 1. The van der Waals surface area contributed by atoms with Gasteiger partial charge in [0.2, 0.25) is 0 Å². The van der Waals surface area contributed by atoms with E-state index in [9.17, 15) is 0 Å². The van der Waals surface area contributed by atoms with Crippen LogP contribution in [0.25, 0.3) is 11.0 Å². The predicted molar refractivity (Wildman–Crippen MR) is 197 cm³/mol. The zero-order valence-electron chi connectivity index (χ0n) is 26.5. The number of hydrogen-bond donors (Lipinski definition) is 0. The number of nitrogens with zero attached hydrogens (tertiary/aromatic N) is 3. The van der Waals surface area contributed by atoms with E-state index in [0.29, 0.717) is 17.9 Å². The molecule has 1 fully saturated rings. The summed E-state index contributed by atoms with van der Waals surface area (Å²) in [6, 6.07) is 52.4. The number of halogens is 1. The molecule has 0 amide bonds. The van der Waals surface area contributed by atoms with Gasteiger partial charge in [0, 0.05) is 36.3 Å². The van der Waals surface area contributed by atoms with Crippen molar-refractivity contribution in [1.82, 2.24) is 14.5 Å². The monoisotopic (exact) mass is 669 g/mol. The summed E-state index contributed by atoms with van der Waals surface area (Å²) in [6.45, 7) is 3.47. The first-order valence-corrected chi connectivity index (χ1v) is 17.8. The number of hydrogen-bond acceptors (Lipinski definition) is 2. The van der Waals surface area contributed by atoms with Crippen molar-refractivity contribution in [1.29, 1.82) is 0 Å². The topological polar surface area (TPSA) is 21.1 Å². The van der Waals surface area contributed by atoms with Gasteiger partial charge >= 0.3 is 0 Å². The van der Waals surface area contributed by atoms with Gasteiger partial charge in [0.15, 0.2) is 0 Å². The highest BCUT2D eigenvalue weighted by Crippen LogP contribution is 2.31. The van der Waals surface area contributed by atoms with E-state index in [1.54, 1.807) is 0 Å². The molecule has 4 heteroatoms. The Labute approximate surface area is 283 Å². The van der Waals surface area contributed by atoms with Crippen molar-refractivity contribution in [3.05, 3.63) is 174 Å². The second kappa shape index (κ2) is 16.5. The van der Waals surface area contributed by atoms with E-state index < -0.39 is 0 Å². The van der Waals surface area contributed by atoms with Crippen LogP contribution in [0.5, 0.6) is 0 Å². The molecule has 0 atom stereocenters. The van der Waals surface area contributed by atoms with Crippen LogP contribution in [0.3, 0.4) is 0 Å². The lowest BCUT2D eigenvalue weighted by atomic mass is 9.88. The maximum atomic E-state index is 4.59. The molecule has 0 unspecified atom stereocenters. The van der Waals surface area contributed by atoms with Crippen molar-refractivity contribution in [2.75, 3.05) is 25.0 Å². The minimum absolute atomic E-state index is 0.461. The predicted octanol–water partition coefficient (Wildman–Crippen LogP) is 10.5. The summed E-state index contributed by atoms with van der Waals surface area (Å²) in [4.78, 5) is 7.24. The van der Waals surface area contributed by atoms with Gasteiger partial charge in [0.1, 0.15) is 0 Å². The second-order valence-corrected chi connectivity index (χ2v) is 13.0. The molecular weight excluding hydrogens is 626 g/mol. The molecule has 0 spiro atoms. The Morgan fingerprint density at radius 2 is 1.00 bits per heavy atom. The van der Waals surface area contributed by atoms with Gasteiger partial charge in [-0.1, -0.05) is 149 Å². The molecule has 1 aliphatic rings. The summed E-state index contributed by atoms with van der Waals surface area (Å²) in [5, 5.41) is 1.03. The van der Waals surface area contributed by atoms with Crippen molar-refractivity contribution in [3.63, 3.8) is 0 Å². The third-order valence-electron chi connectivity index (χ3n) is 9.37. The lowest BCUT2D eigenvalue weighted by Gasteiger charge is -2.33. The molecule has 7 rings (SSSR count). The minimum Gasteiger partial charge on any atom is -0.327 e. The molecule has 3 nitrogen and oxygen atoms in total. The van der Waals surface area contributed by atoms with Crippen LogP contribution in [-0.2, 0) is 0 Å². The van der Waals surface area contributed by atoms with Crippen LogP contribution in [0.15, 0.2) is 152 Å². The lowest BCUT2D eigenvalue weighted by Crippen LogP contribution is -2.35. The Morgan fingerprint density at radius 1 is 0.565 bits per heavy atom. The Balaban J connectivity index is 0.000000196. The molecular formula is C42H44BrN3. The summed E-state index contributed by atoms with van der Waals surface area (Å²) in [7, 11) is 0. The summed E-state index contributed by atoms with van der Waals surface area (Å²) >= 11 is 3.54. The number of likely N-dealkylation sites (tertiary alicyclic amines) is 1. The van der Waals surface area contributed by atoms with Gasteiger partial charge in [-0.2, -0.15) is 0 Å². The fourth-order valence-corrected chi connectivity index (χ4v) is 7.36. The molecule has 0 radical (unpaired) electrons. The molecule has 0 saturated carbocycles. The smallest absolute Gasteiger partial charge is 0.0960 e. The summed E-state index contributed by atoms with van der Waals surface area (Å²) < 4.78 is 2.39. The van der Waals surface area contributed by atoms with Gasteiger partial charge in [-0.25, -0.2) is 4.98 Å². The number of para-hydroxylation sites is 2. The Morgan fingerprint density at radius 3 is 1.48 bits per heavy atom. The van der Waals surface area contributed by atoms with Crippen LogP contribution in [0, 0.1) is 0 Å². The molecule has 5 aromatic carbocycles. The van der Waals surface area contributed by atoms with E-state index in [0.717, 1.165) is 43.3 Å². The standard InChI is InChI=1S/C27H29N3.C15H15Br/c1-3-9-22(10-4-1)25(23-11-5-2-6-12-23)17-20-29-18-15-24(16-19-29)30-21-28-26-13-7-8-14-27(26)30;16-12-11-15(13-7-3-1-4-8-13)14-9-5-2-6-10-14/h1-14,21,24-25H,15-20H2;1-10,15H,11-12H2. The van der Waals surface area contributed by atoms with E-state index in [1.165, 1.54) is 40.6 Å². The normalized spacial score (nSPS) is 14.0. The van der Waals surface area contributed by atoms with E-state index in [-0.39, 0.29) is 0 Å². The number of benzene rings is 5. The molecule has 0 bridgehead atoms. The van der Waals surface area contributed by atoms with Crippen molar-refractivity contribution in [3.8, 4) is 0 Å². The fourth-order valence-electron chi connectivity index (χ4n) is 6.90. The maximum absolute atomic E-state index is 4.59. The largest absolute Gasteiger partial charge is 0.327 e. The molecule has 234 valence electrons. The number of rotatable bonds is 10. The zero-order valence-corrected chi connectivity index (χ0v) is 28.1. The van der Waals surface area contributed by atoms with E-state index in [4.69, 9.17) is 0 Å². The number of imidazole rings is 1. The van der Waals surface area contributed by atoms with Gasteiger partial charge < -0.3 is 9.47 Å². The highest BCUT2D eigenvalue weighted by atomic mass is 79.9. The fraction of sp³-hybridized carbons (Fsp3) is 0.262. The molecule has 0 aliphatic carbocycles. The summed E-state index contributed by atoms with van der Waals surface area (Å²) in [5.74, 6) is 0.962. The van der Waals surface area contributed by atoms with Crippen LogP contribution < -0.4 is 0 Å².